The SMILES string of the molecule is Cc1cc(C)c(C(Br)c2cc(F)c(F)cc2Cl)c(C)c1. The molecule has 0 aliphatic rings. The van der Waals surface area contributed by atoms with Gasteiger partial charge in [0.2, 0.25) is 0 Å². The van der Waals surface area contributed by atoms with Crippen LogP contribution in [0.25, 0.3) is 0 Å². The van der Waals surface area contributed by atoms with Crippen molar-refractivity contribution in [2.75, 3.05) is 0 Å². The highest BCUT2D eigenvalue weighted by molar-refractivity contribution is 9.09. The molecule has 0 bridgehead atoms. The minimum Gasteiger partial charge on any atom is -0.204 e. The number of alkyl halides is 1. The largest absolute Gasteiger partial charge is 0.204 e. The Morgan fingerprint density at radius 3 is 2.00 bits per heavy atom. The average molecular weight is 360 g/mol. The molecule has 2 rings (SSSR count). The first-order valence-corrected chi connectivity index (χ1v) is 7.47. The lowest BCUT2D eigenvalue weighted by Crippen LogP contribution is -2.02. The second kappa shape index (κ2) is 5.82. The molecule has 0 aromatic heterocycles. The van der Waals surface area contributed by atoms with Crippen molar-refractivity contribution in [2.45, 2.75) is 25.6 Å². The zero-order valence-electron chi connectivity index (χ0n) is 11.4. The third-order valence-electron chi connectivity index (χ3n) is 3.30. The molecule has 0 heterocycles. The van der Waals surface area contributed by atoms with E-state index in [2.05, 4.69) is 28.1 Å². The first-order valence-electron chi connectivity index (χ1n) is 6.17. The van der Waals surface area contributed by atoms with Crippen molar-refractivity contribution in [3.63, 3.8) is 0 Å². The van der Waals surface area contributed by atoms with Crippen molar-refractivity contribution in [2.24, 2.45) is 0 Å². The summed E-state index contributed by atoms with van der Waals surface area (Å²) in [5, 5.41) is 0.213. The van der Waals surface area contributed by atoms with Gasteiger partial charge in [0.15, 0.2) is 11.6 Å². The molecule has 0 fully saturated rings. The number of benzene rings is 2. The highest BCUT2D eigenvalue weighted by Crippen LogP contribution is 2.39. The molecule has 0 saturated heterocycles. The fourth-order valence-electron chi connectivity index (χ4n) is 2.48. The molecule has 0 nitrogen and oxygen atoms in total. The summed E-state index contributed by atoms with van der Waals surface area (Å²) in [6.07, 6.45) is 0. The zero-order chi connectivity index (χ0) is 15.0. The van der Waals surface area contributed by atoms with Crippen LogP contribution in [-0.2, 0) is 0 Å². The van der Waals surface area contributed by atoms with Crippen LogP contribution in [-0.4, -0.2) is 0 Å². The van der Waals surface area contributed by atoms with E-state index in [-0.39, 0.29) is 9.85 Å². The van der Waals surface area contributed by atoms with Crippen LogP contribution >= 0.6 is 27.5 Å². The van der Waals surface area contributed by atoms with Crippen LogP contribution in [0.15, 0.2) is 24.3 Å². The van der Waals surface area contributed by atoms with E-state index in [9.17, 15) is 8.78 Å². The normalized spacial score (nSPS) is 12.6. The molecule has 106 valence electrons. The first-order chi connectivity index (χ1) is 9.31. The third kappa shape index (κ3) is 2.89. The van der Waals surface area contributed by atoms with E-state index in [1.54, 1.807) is 0 Å². The van der Waals surface area contributed by atoms with E-state index in [0.717, 1.165) is 28.8 Å². The molecule has 0 spiro atoms. The smallest absolute Gasteiger partial charge is 0.160 e. The molecule has 0 N–H and O–H groups in total. The Morgan fingerprint density at radius 2 is 1.45 bits per heavy atom. The lowest BCUT2D eigenvalue weighted by atomic mass is 9.94. The number of halogens is 4. The highest BCUT2D eigenvalue weighted by Gasteiger charge is 2.20. The summed E-state index contributed by atoms with van der Waals surface area (Å²) < 4.78 is 26.6. The monoisotopic (exact) mass is 358 g/mol. The van der Waals surface area contributed by atoms with E-state index in [4.69, 9.17) is 11.6 Å². The van der Waals surface area contributed by atoms with Gasteiger partial charge in [0.25, 0.3) is 0 Å². The molecular weight excluding hydrogens is 346 g/mol. The standard InChI is InChI=1S/C16H14BrClF2/c1-8-4-9(2)15(10(3)5-8)16(17)11-6-13(19)14(20)7-12(11)18/h4-7,16H,1-3H3. The summed E-state index contributed by atoms with van der Waals surface area (Å²) >= 11 is 9.60. The summed E-state index contributed by atoms with van der Waals surface area (Å²) in [6, 6.07) is 6.28. The van der Waals surface area contributed by atoms with Crippen LogP contribution in [0, 0.1) is 32.4 Å². The van der Waals surface area contributed by atoms with E-state index in [1.165, 1.54) is 5.56 Å². The lowest BCUT2D eigenvalue weighted by molar-refractivity contribution is 0.507. The summed E-state index contributed by atoms with van der Waals surface area (Å²) in [7, 11) is 0. The highest BCUT2D eigenvalue weighted by atomic mass is 79.9. The Bertz CT molecular complexity index is 645. The Labute approximate surface area is 130 Å². The Kier molecular flexibility index (Phi) is 4.50. The van der Waals surface area contributed by atoms with Gasteiger partial charge in [-0.1, -0.05) is 45.2 Å². The van der Waals surface area contributed by atoms with Gasteiger partial charge in [0.05, 0.1) is 4.83 Å². The van der Waals surface area contributed by atoms with Crippen LogP contribution in [0.2, 0.25) is 5.02 Å². The van der Waals surface area contributed by atoms with Crippen LogP contribution in [0.5, 0.6) is 0 Å². The van der Waals surface area contributed by atoms with Crippen LogP contribution in [0.4, 0.5) is 8.78 Å². The summed E-state index contributed by atoms with van der Waals surface area (Å²) in [6.45, 7) is 6.02. The molecule has 1 atom stereocenters. The second-order valence-corrected chi connectivity index (χ2v) is 6.29. The molecule has 0 aliphatic heterocycles. The van der Waals surface area contributed by atoms with Crippen LogP contribution in [0.3, 0.4) is 0 Å². The Morgan fingerprint density at radius 1 is 0.950 bits per heavy atom. The minimum atomic E-state index is -0.934. The maximum absolute atomic E-state index is 13.4. The van der Waals surface area contributed by atoms with E-state index in [0.29, 0.717) is 5.56 Å². The fourth-order valence-corrected chi connectivity index (χ4v) is 3.97. The molecular formula is C16H14BrClF2. The number of hydrogen-bond acceptors (Lipinski definition) is 0. The van der Waals surface area contributed by atoms with Crippen LogP contribution in [0.1, 0.15) is 32.6 Å². The average Bonchev–Trinajstić information content (AvgIpc) is 2.32. The van der Waals surface area contributed by atoms with Crippen molar-refractivity contribution in [1.29, 1.82) is 0 Å². The van der Waals surface area contributed by atoms with Gasteiger partial charge in [-0.2, -0.15) is 0 Å². The maximum atomic E-state index is 13.4. The Hall–Kier alpha value is -0.930. The van der Waals surface area contributed by atoms with Crippen molar-refractivity contribution in [3.8, 4) is 0 Å². The molecule has 0 amide bonds. The van der Waals surface area contributed by atoms with Gasteiger partial charge in [-0.05, 0) is 55.2 Å². The van der Waals surface area contributed by atoms with Gasteiger partial charge in [0.1, 0.15) is 0 Å². The predicted octanol–water partition coefficient (Wildman–Crippen LogP) is 6.03. The molecule has 2 aromatic rings. The van der Waals surface area contributed by atoms with Crippen molar-refractivity contribution >= 4 is 27.5 Å². The quantitative estimate of drug-likeness (QED) is 0.454. The molecule has 4 heteroatoms. The van der Waals surface area contributed by atoms with Gasteiger partial charge in [-0.15, -0.1) is 0 Å². The van der Waals surface area contributed by atoms with Crippen LogP contribution < -0.4 is 0 Å². The van der Waals surface area contributed by atoms with Crippen molar-refractivity contribution < 1.29 is 8.78 Å². The van der Waals surface area contributed by atoms with Gasteiger partial charge < -0.3 is 0 Å². The Balaban J connectivity index is 2.57. The van der Waals surface area contributed by atoms with E-state index >= 15 is 0 Å². The fraction of sp³-hybridized carbons (Fsp3) is 0.250. The first kappa shape index (κ1) is 15.5. The second-order valence-electron chi connectivity index (χ2n) is 4.96. The number of aryl methyl sites for hydroxylation is 3. The van der Waals surface area contributed by atoms with Crippen molar-refractivity contribution in [3.05, 3.63) is 68.7 Å². The molecule has 0 saturated carbocycles. The lowest BCUT2D eigenvalue weighted by Gasteiger charge is -2.18. The zero-order valence-corrected chi connectivity index (χ0v) is 13.7. The predicted molar refractivity (Wildman–Crippen MR) is 82.8 cm³/mol. The van der Waals surface area contributed by atoms with Gasteiger partial charge in [0, 0.05) is 5.02 Å². The topological polar surface area (TPSA) is 0 Å². The summed E-state index contributed by atoms with van der Waals surface area (Å²) in [5.74, 6) is -1.83. The van der Waals surface area contributed by atoms with Gasteiger partial charge >= 0.3 is 0 Å². The van der Waals surface area contributed by atoms with Gasteiger partial charge in [-0.3, -0.25) is 0 Å². The molecule has 2 aromatic carbocycles. The number of hydrogen-bond donors (Lipinski definition) is 0. The number of rotatable bonds is 2. The molecule has 20 heavy (non-hydrogen) atoms. The molecule has 0 aliphatic carbocycles. The molecule has 1 unspecified atom stereocenters. The summed E-state index contributed by atoms with van der Waals surface area (Å²) in [5.41, 5.74) is 4.90. The van der Waals surface area contributed by atoms with Gasteiger partial charge in [-0.25, -0.2) is 8.78 Å². The maximum Gasteiger partial charge on any atom is 0.160 e. The van der Waals surface area contributed by atoms with Crippen molar-refractivity contribution in [1.82, 2.24) is 0 Å². The van der Waals surface area contributed by atoms with E-state index in [1.807, 2.05) is 20.8 Å². The van der Waals surface area contributed by atoms with E-state index < -0.39 is 11.6 Å². The summed E-state index contributed by atoms with van der Waals surface area (Å²) in [4.78, 5) is -0.273. The minimum absolute atomic E-state index is 0.213. The molecule has 0 radical (unpaired) electrons. The third-order valence-corrected chi connectivity index (χ3v) is 4.58.